The van der Waals surface area contributed by atoms with Gasteiger partial charge >= 0.3 is 12.0 Å². The predicted molar refractivity (Wildman–Crippen MR) is 73.0 cm³/mol. The summed E-state index contributed by atoms with van der Waals surface area (Å²) < 4.78 is 12.7. The van der Waals surface area contributed by atoms with Gasteiger partial charge in [-0.05, 0) is 42.7 Å². The predicted octanol–water partition coefficient (Wildman–Crippen LogP) is 2.15. The molecule has 0 spiro atoms. The molecule has 1 rings (SSSR count). The highest BCUT2D eigenvalue weighted by Gasteiger charge is 2.19. The number of anilines is 1. The fraction of sp³-hybridized carbons (Fsp3) is 0.333. The van der Waals surface area contributed by atoms with E-state index in [2.05, 4.69) is 10.6 Å². The first-order chi connectivity index (χ1) is 9.02. The van der Waals surface area contributed by atoms with E-state index in [9.17, 15) is 14.0 Å². The highest BCUT2D eigenvalue weighted by Crippen LogP contribution is 2.08. The molecule has 1 aromatic carbocycles. The zero-order valence-electron chi connectivity index (χ0n) is 10.4. The minimum Gasteiger partial charge on any atom is -0.480 e. The van der Waals surface area contributed by atoms with E-state index in [1.165, 1.54) is 36.0 Å². The van der Waals surface area contributed by atoms with Crippen LogP contribution in [0.3, 0.4) is 0 Å². The molecule has 0 aliphatic rings. The van der Waals surface area contributed by atoms with Gasteiger partial charge in [0.05, 0.1) is 0 Å². The molecule has 0 heterocycles. The van der Waals surface area contributed by atoms with Crippen molar-refractivity contribution in [3.63, 3.8) is 0 Å². The van der Waals surface area contributed by atoms with Crippen molar-refractivity contribution in [2.75, 3.05) is 17.3 Å². The molecule has 0 saturated carbocycles. The second kappa shape index (κ2) is 7.63. The Balaban J connectivity index is 2.52. The van der Waals surface area contributed by atoms with Gasteiger partial charge in [0.25, 0.3) is 0 Å². The van der Waals surface area contributed by atoms with Gasteiger partial charge < -0.3 is 15.7 Å². The van der Waals surface area contributed by atoms with Gasteiger partial charge in [-0.1, -0.05) is 0 Å². The lowest BCUT2D eigenvalue weighted by atomic mass is 10.2. The third kappa shape index (κ3) is 5.60. The van der Waals surface area contributed by atoms with E-state index in [1.807, 2.05) is 6.26 Å². The number of nitrogens with one attached hydrogen (secondary N) is 2. The molecular formula is C12H15FN2O3S. The zero-order valence-corrected chi connectivity index (χ0v) is 11.2. The van der Waals surface area contributed by atoms with Crippen LogP contribution in [-0.4, -0.2) is 35.2 Å². The van der Waals surface area contributed by atoms with E-state index in [0.29, 0.717) is 17.9 Å². The molecule has 2 amide bonds. The van der Waals surface area contributed by atoms with Gasteiger partial charge in [0.2, 0.25) is 0 Å². The second-order valence-electron chi connectivity index (χ2n) is 3.78. The molecule has 0 bridgehead atoms. The second-order valence-corrected chi connectivity index (χ2v) is 4.76. The van der Waals surface area contributed by atoms with Gasteiger partial charge in [0, 0.05) is 5.69 Å². The molecule has 0 saturated heterocycles. The van der Waals surface area contributed by atoms with E-state index >= 15 is 0 Å². The Labute approximate surface area is 114 Å². The molecule has 0 aliphatic carbocycles. The number of carbonyl (C=O) groups is 2. The highest BCUT2D eigenvalue weighted by molar-refractivity contribution is 7.98. The van der Waals surface area contributed by atoms with Crippen LogP contribution in [0.4, 0.5) is 14.9 Å². The number of aliphatic carboxylic acids is 1. The number of halogens is 1. The van der Waals surface area contributed by atoms with Crippen molar-refractivity contribution in [3.05, 3.63) is 30.1 Å². The van der Waals surface area contributed by atoms with Crippen molar-refractivity contribution < 1.29 is 19.1 Å². The first-order valence-electron chi connectivity index (χ1n) is 5.57. The first kappa shape index (κ1) is 15.3. The van der Waals surface area contributed by atoms with E-state index in [-0.39, 0.29) is 0 Å². The number of carbonyl (C=O) groups excluding carboxylic acids is 1. The van der Waals surface area contributed by atoms with Crippen molar-refractivity contribution in [3.8, 4) is 0 Å². The third-order valence-electron chi connectivity index (χ3n) is 2.32. The van der Waals surface area contributed by atoms with Gasteiger partial charge in [-0.3, -0.25) is 0 Å². The molecule has 3 N–H and O–H groups in total. The topological polar surface area (TPSA) is 78.4 Å². The van der Waals surface area contributed by atoms with Crippen LogP contribution < -0.4 is 10.6 Å². The number of benzene rings is 1. The smallest absolute Gasteiger partial charge is 0.326 e. The molecule has 1 aromatic rings. The summed E-state index contributed by atoms with van der Waals surface area (Å²) in [4.78, 5) is 22.5. The Morgan fingerprint density at radius 2 is 2.00 bits per heavy atom. The van der Waals surface area contributed by atoms with Crippen molar-refractivity contribution in [1.29, 1.82) is 0 Å². The average Bonchev–Trinajstić information content (AvgIpc) is 2.37. The molecule has 7 heteroatoms. The quantitative estimate of drug-likeness (QED) is 0.748. The average molecular weight is 286 g/mol. The SMILES string of the molecule is CSCC[C@H](NC(=O)Nc1ccc(F)cc1)C(=O)O. The highest BCUT2D eigenvalue weighted by atomic mass is 32.2. The summed E-state index contributed by atoms with van der Waals surface area (Å²) in [7, 11) is 0. The molecule has 0 aliphatic heterocycles. The van der Waals surface area contributed by atoms with Crippen LogP contribution in [0.5, 0.6) is 0 Å². The molecule has 0 aromatic heterocycles. The number of thioether (sulfide) groups is 1. The van der Waals surface area contributed by atoms with E-state index < -0.39 is 23.9 Å². The minimum absolute atomic E-state index is 0.341. The number of carboxylic acids is 1. The van der Waals surface area contributed by atoms with Crippen LogP contribution in [0.2, 0.25) is 0 Å². The Morgan fingerprint density at radius 3 is 2.53 bits per heavy atom. The minimum atomic E-state index is -1.08. The fourth-order valence-corrected chi connectivity index (χ4v) is 1.82. The molecular weight excluding hydrogens is 271 g/mol. The fourth-order valence-electron chi connectivity index (χ4n) is 1.35. The van der Waals surface area contributed by atoms with Crippen LogP contribution in [-0.2, 0) is 4.79 Å². The molecule has 104 valence electrons. The van der Waals surface area contributed by atoms with Gasteiger partial charge in [-0.15, -0.1) is 0 Å². The van der Waals surface area contributed by atoms with Crippen molar-refractivity contribution in [1.82, 2.24) is 5.32 Å². The van der Waals surface area contributed by atoms with Crippen LogP contribution >= 0.6 is 11.8 Å². The summed E-state index contributed by atoms with van der Waals surface area (Å²) >= 11 is 1.50. The van der Waals surface area contributed by atoms with E-state index in [0.717, 1.165) is 0 Å². The van der Waals surface area contributed by atoms with Gasteiger partial charge in [0.15, 0.2) is 0 Å². The maximum atomic E-state index is 12.7. The number of rotatable bonds is 6. The lowest BCUT2D eigenvalue weighted by Gasteiger charge is -2.14. The Kier molecular flexibility index (Phi) is 6.14. The zero-order chi connectivity index (χ0) is 14.3. The number of hydrogen-bond donors (Lipinski definition) is 3. The number of urea groups is 1. The summed E-state index contributed by atoms with van der Waals surface area (Å²) in [5, 5.41) is 13.8. The first-order valence-corrected chi connectivity index (χ1v) is 6.97. The van der Waals surface area contributed by atoms with E-state index in [1.54, 1.807) is 0 Å². The van der Waals surface area contributed by atoms with Crippen LogP contribution in [0, 0.1) is 5.82 Å². The van der Waals surface area contributed by atoms with Crippen LogP contribution in [0.1, 0.15) is 6.42 Å². The largest absolute Gasteiger partial charge is 0.480 e. The summed E-state index contributed by atoms with van der Waals surface area (Å²) in [5.74, 6) is -0.856. The third-order valence-corrected chi connectivity index (χ3v) is 2.96. The standard InChI is InChI=1S/C12H15FN2O3S/c1-19-7-6-10(11(16)17)15-12(18)14-9-4-2-8(13)3-5-9/h2-5,10H,6-7H2,1H3,(H,16,17)(H2,14,15,18)/t10-/m0/s1. The summed E-state index contributed by atoms with van der Waals surface area (Å²) in [6.07, 6.45) is 2.20. The number of carboxylic acid groups (broad SMARTS) is 1. The summed E-state index contributed by atoms with van der Waals surface area (Å²) in [6.45, 7) is 0. The maximum absolute atomic E-state index is 12.7. The molecule has 1 atom stereocenters. The van der Waals surface area contributed by atoms with E-state index in [4.69, 9.17) is 5.11 Å². The van der Waals surface area contributed by atoms with Gasteiger partial charge in [-0.2, -0.15) is 11.8 Å². The molecule has 19 heavy (non-hydrogen) atoms. The summed E-state index contributed by atoms with van der Waals surface area (Å²) in [5.41, 5.74) is 0.396. The van der Waals surface area contributed by atoms with Gasteiger partial charge in [-0.25, -0.2) is 14.0 Å². The molecule has 0 radical (unpaired) electrons. The molecule has 5 nitrogen and oxygen atoms in total. The van der Waals surface area contributed by atoms with Crippen molar-refractivity contribution in [2.24, 2.45) is 0 Å². The van der Waals surface area contributed by atoms with Crippen molar-refractivity contribution >= 4 is 29.4 Å². The Hall–Kier alpha value is -1.76. The van der Waals surface area contributed by atoms with Crippen LogP contribution in [0.15, 0.2) is 24.3 Å². The Bertz CT molecular complexity index is 439. The maximum Gasteiger partial charge on any atom is 0.326 e. The van der Waals surface area contributed by atoms with Crippen molar-refractivity contribution in [2.45, 2.75) is 12.5 Å². The number of hydrogen-bond acceptors (Lipinski definition) is 3. The lowest BCUT2D eigenvalue weighted by Crippen LogP contribution is -2.43. The lowest BCUT2D eigenvalue weighted by molar-refractivity contribution is -0.139. The molecule has 0 unspecified atom stereocenters. The monoisotopic (exact) mass is 286 g/mol. The molecule has 0 fully saturated rings. The van der Waals surface area contributed by atoms with Gasteiger partial charge in [0.1, 0.15) is 11.9 Å². The Morgan fingerprint density at radius 1 is 1.37 bits per heavy atom. The normalized spacial score (nSPS) is 11.7. The number of amides is 2. The summed E-state index contributed by atoms with van der Waals surface area (Å²) in [6, 6.07) is 3.64. The van der Waals surface area contributed by atoms with Crippen LogP contribution in [0.25, 0.3) is 0 Å².